The number of rotatable bonds is 2. The number of nitriles is 1. The minimum absolute atomic E-state index is 0.577. The predicted octanol–water partition coefficient (Wildman–Crippen LogP) is 1.25. The number of hydrogen-bond acceptors (Lipinski definition) is 4. The van der Waals surface area contributed by atoms with E-state index in [0.29, 0.717) is 5.56 Å². The number of nitrogens with one attached hydrogen (secondary N) is 1. The highest BCUT2D eigenvalue weighted by Gasteiger charge is 1.93. The summed E-state index contributed by atoms with van der Waals surface area (Å²) in [4.78, 5) is 10.6. The summed E-state index contributed by atoms with van der Waals surface area (Å²) in [6.07, 6.45) is 0.831. The molecule has 5 heteroatoms. The van der Waals surface area contributed by atoms with Crippen molar-refractivity contribution in [1.82, 2.24) is 5.43 Å². The summed E-state index contributed by atoms with van der Waals surface area (Å²) in [7, 11) is 1.26. The predicted molar refractivity (Wildman–Crippen MR) is 54.3 cm³/mol. The number of benzene rings is 1. The Balaban J connectivity index is 2.58. The summed E-state index contributed by atoms with van der Waals surface area (Å²) in [6.45, 7) is 0. The van der Waals surface area contributed by atoms with E-state index in [0.717, 1.165) is 5.56 Å². The number of hydrogen-bond donors (Lipinski definition) is 1. The summed E-state index contributed by atoms with van der Waals surface area (Å²) in [6, 6.07) is 8.78. The summed E-state index contributed by atoms with van der Waals surface area (Å²) in [5.41, 5.74) is 3.51. The van der Waals surface area contributed by atoms with Crippen LogP contribution in [0.2, 0.25) is 0 Å². The first kappa shape index (κ1) is 10.7. The number of carbonyl (C=O) groups is 1. The third kappa shape index (κ3) is 3.48. The molecule has 0 radical (unpaired) electrons. The Labute approximate surface area is 87.0 Å². The Bertz CT molecular complexity index is 404. The summed E-state index contributed by atoms with van der Waals surface area (Å²) < 4.78 is 4.32. The van der Waals surface area contributed by atoms with E-state index in [4.69, 9.17) is 5.26 Å². The van der Waals surface area contributed by atoms with Crippen molar-refractivity contribution < 1.29 is 9.53 Å². The van der Waals surface area contributed by atoms with Crippen molar-refractivity contribution in [3.05, 3.63) is 35.4 Å². The second kappa shape index (κ2) is 5.40. The van der Waals surface area contributed by atoms with Gasteiger partial charge in [0.25, 0.3) is 0 Å². The van der Waals surface area contributed by atoms with E-state index < -0.39 is 6.09 Å². The number of ether oxygens (including phenoxy) is 1. The lowest BCUT2D eigenvalue weighted by molar-refractivity contribution is 0.171. The molecule has 76 valence electrons. The maximum atomic E-state index is 10.6. The molecule has 15 heavy (non-hydrogen) atoms. The van der Waals surface area contributed by atoms with Crippen LogP contribution in [0.1, 0.15) is 11.1 Å². The summed E-state index contributed by atoms with van der Waals surface area (Å²) in [5.74, 6) is 0. The van der Waals surface area contributed by atoms with Crippen LogP contribution < -0.4 is 5.43 Å². The van der Waals surface area contributed by atoms with Crippen LogP contribution in [0.25, 0.3) is 0 Å². The van der Waals surface area contributed by atoms with Crippen molar-refractivity contribution >= 4 is 12.3 Å². The van der Waals surface area contributed by atoms with Gasteiger partial charge in [-0.2, -0.15) is 10.4 Å². The molecule has 0 aliphatic carbocycles. The van der Waals surface area contributed by atoms with Crippen LogP contribution in [0.4, 0.5) is 4.79 Å². The monoisotopic (exact) mass is 203 g/mol. The molecule has 0 saturated heterocycles. The zero-order chi connectivity index (χ0) is 11.1. The third-order valence-electron chi connectivity index (χ3n) is 1.59. The van der Waals surface area contributed by atoms with Crippen LogP contribution in [0.5, 0.6) is 0 Å². The molecule has 1 rings (SSSR count). The van der Waals surface area contributed by atoms with E-state index in [-0.39, 0.29) is 0 Å². The fourth-order valence-electron chi connectivity index (χ4n) is 0.849. The number of methoxy groups -OCH3 is 1. The van der Waals surface area contributed by atoms with Gasteiger partial charge in [0.15, 0.2) is 0 Å². The molecule has 5 nitrogen and oxygen atoms in total. The molecule has 0 bridgehead atoms. The topological polar surface area (TPSA) is 74.5 Å². The Morgan fingerprint density at radius 2 is 2.20 bits per heavy atom. The van der Waals surface area contributed by atoms with Crippen molar-refractivity contribution in [3.63, 3.8) is 0 Å². The van der Waals surface area contributed by atoms with Gasteiger partial charge in [0, 0.05) is 0 Å². The first-order chi connectivity index (χ1) is 7.26. The third-order valence-corrected chi connectivity index (χ3v) is 1.59. The summed E-state index contributed by atoms with van der Waals surface area (Å²) in [5, 5.41) is 12.2. The second-order valence-corrected chi connectivity index (χ2v) is 2.60. The van der Waals surface area contributed by atoms with Crippen LogP contribution in [-0.2, 0) is 4.74 Å². The van der Waals surface area contributed by atoms with Crippen molar-refractivity contribution in [2.45, 2.75) is 0 Å². The van der Waals surface area contributed by atoms with Gasteiger partial charge in [-0.25, -0.2) is 10.2 Å². The van der Waals surface area contributed by atoms with E-state index in [9.17, 15) is 4.79 Å². The highest BCUT2D eigenvalue weighted by molar-refractivity contribution is 5.80. The van der Waals surface area contributed by atoms with Crippen molar-refractivity contribution in [2.75, 3.05) is 7.11 Å². The average molecular weight is 203 g/mol. The maximum absolute atomic E-state index is 10.6. The van der Waals surface area contributed by atoms with E-state index in [1.54, 1.807) is 24.3 Å². The standard InChI is InChI=1S/C10H9N3O2/c1-15-10(14)13-12-7-9-4-2-8(6-11)3-5-9/h2-5,7H,1H3,(H,13,14). The zero-order valence-corrected chi connectivity index (χ0v) is 8.10. The Morgan fingerprint density at radius 1 is 1.53 bits per heavy atom. The number of amides is 1. The van der Waals surface area contributed by atoms with Crippen LogP contribution >= 0.6 is 0 Å². The number of carbonyl (C=O) groups excluding carboxylic acids is 1. The van der Waals surface area contributed by atoms with E-state index in [1.165, 1.54) is 13.3 Å². The van der Waals surface area contributed by atoms with Gasteiger partial charge in [0.1, 0.15) is 0 Å². The molecular formula is C10H9N3O2. The Kier molecular flexibility index (Phi) is 3.86. The molecule has 0 aromatic heterocycles. The second-order valence-electron chi connectivity index (χ2n) is 2.60. The van der Waals surface area contributed by atoms with Crippen molar-refractivity contribution in [3.8, 4) is 6.07 Å². The molecule has 1 amide bonds. The molecular weight excluding hydrogens is 194 g/mol. The number of nitrogens with zero attached hydrogens (tertiary/aromatic N) is 2. The van der Waals surface area contributed by atoms with E-state index in [2.05, 4.69) is 15.3 Å². The number of hydrazone groups is 1. The van der Waals surface area contributed by atoms with Crippen LogP contribution in [0.3, 0.4) is 0 Å². The lowest BCUT2D eigenvalue weighted by Gasteiger charge is -1.95. The summed E-state index contributed by atoms with van der Waals surface area (Å²) >= 11 is 0. The largest absolute Gasteiger partial charge is 0.452 e. The van der Waals surface area contributed by atoms with Gasteiger partial charge in [-0.3, -0.25) is 0 Å². The minimum atomic E-state index is -0.625. The zero-order valence-electron chi connectivity index (χ0n) is 8.10. The Morgan fingerprint density at radius 3 is 2.73 bits per heavy atom. The first-order valence-corrected chi connectivity index (χ1v) is 4.13. The quantitative estimate of drug-likeness (QED) is 0.580. The fourth-order valence-corrected chi connectivity index (χ4v) is 0.849. The SMILES string of the molecule is COC(=O)NN=Cc1ccc(C#N)cc1. The van der Waals surface area contributed by atoms with E-state index in [1.807, 2.05) is 6.07 Å². The Hall–Kier alpha value is -2.35. The molecule has 0 aliphatic rings. The van der Waals surface area contributed by atoms with Gasteiger partial charge in [-0.15, -0.1) is 0 Å². The maximum Gasteiger partial charge on any atom is 0.427 e. The lowest BCUT2D eigenvalue weighted by Crippen LogP contribution is -2.16. The molecule has 0 fully saturated rings. The fraction of sp³-hybridized carbons (Fsp3) is 0.100. The van der Waals surface area contributed by atoms with Gasteiger partial charge in [0.2, 0.25) is 0 Å². The van der Waals surface area contributed by atoms with Crippen LogP contribution in [0.15, 0.2) is 29.4 Å². The van der Waals surface area contributed by atoms with Crippen molar-refractivity contribution in [1.29, 1.82) is 5.26 Å². The molecule has 1 N–H and O–H groups in total. The molecule has 0 heterocycles. The molecule has 0 spiro atoms. The first-order valence-electron chi connectivity index (χ1n) is 4.13. The van der Waals surface area contributed by atoms with Gasteiger partial charge >= 0.3 is 6.09 Å². The molecule has 0 saturated carbocycles. The lowest BCUT2D eigenvalue weighted by atomic mass is 10.2. The average Bonchev–Trinajstić information content (AvgIpc) is 2.29. The normalized spacial score (nSPS) is 9.60. The molecule has 0 unspecified atom stereocenters. The highest BCUT2D eigenvalue weighted by atomic mass is 16.5. The smallest absolute Gasteiger partial charge is 0.427 e. The van der Waals surface area contributed by atoms with E-state index >= 15 is 0 Å². The van der Waals surface area contributed by atoms with Gasteiger partial charge in [0.05, 0.1) is 25.0 Å². The molecule has 0 atom stereocenters. The van der Waals surface area contributed by atoms with Crippen molar-refractivity contribution in [2.24, 2.45) is 5.10 Å². The highest BCUT2D eigenvalue weighted by Crippen LogP contribution is 2.00. The van der Waals surface area contributed by atoms with Gasteiger partial charge in [-0.1, -0.05) is 12.1 Å². The molecule has 0 aliphatic heterocycles. The van der Waals surface area contributed by atoms with Gasteiger partial charge in [-0.05, 0) is 17.7 Å². The molecule has 1 aromatic carbocycles. The van der Waals surface area contributed by atoms with Crippen LogP contribution in [-0.4, -0.2) is 19.4 Å². The molecule has 1 aromatic rings. The van der Waals surface area contributed by atoms with Crippen LogP contribution in [0, 0.1) is 11.3 Å². The van der Waals surface area contributed by atoms with Gasteiger partial charge < -0.3 is 4.74 Å². The minimum Gasteiger partial charge on any atom is -0.452 e.